The molecule has 1 heterocycles. The van der Waals surface area contributed by atoms with Gasteiger partial charge in [0.2, 0.25) is 17.7 Å². The topological polar surface area (TPSA) is 142 Å². The molecule has 0 aromatic carbocycles. The van der Waals surface area contributed by atoms with Gasteiger partial charge in [0.15, 0.2) is 0 Å². The van der Waals surface area contributed by atoms with Crippen LogP contribution in [0.2, 0.25) is 0 Å². The molecule has 0 bridgehead atoms. The zero-order valence-corrected chi connectivity index (χ0v) is 20.7. The van der Waals surface area contributed by atoms with Crippen LogP contribution in [-0.2, 0) is 19.2 Å². The van der Waals surface area contributed by atoms with E-state index >= 15 is 0 Å². The minimum absolute atomic E-state index is 0.126. The molecule has 3 amide bonds. The summed E-state index contributed by atoms with van der Waals surface area (Å²) in [4.78, 5) is 51.8. The number of carbonyl (C=O) groups is 4. The summed E-state index contributed by atoms with van der Waals surface area (Å²) < 4.78 is 0. The predicted molar refractivity (Wildman–Crippen MR) is 126 cm³/mol. The van der Waals surface area contributed by atoms with Crippen LogP contribution >= 0.6 is 11.8 Å². The highest BCUT2D eigenvalue weighted by molar-refractivity contribution is 7.98. The average Bonchev–Trinajstić information content (AvgIpc) is 3.24. The lowest BCUT2D eigenvalue weighted by atomic mass is 9.96. The maximum atomic E-state index is 13.2. The van der Waals surface area contributed by atoms with Gasteiger partial charge in [-0.05, 0) is 49.5 Å². The molecule has 1 rings (SSSR count). The van der Waals surface area contributed by atoms with E-state index in [9.17, 15) is 24.3 Å². The van der Waals surface area contributed by atoms with Crippen LogP contribution in [0.15, 0.2) is 0 Å². The standard InChI is InChI=1S/C22H40N4O5S/c1-6-14(4)18(21(29)26-10-7-8-17(26)22(30)31)25-20(28)16(12-13(2)3)24-19(27)15(23)9-11-32-5/h13-18H,6-12,23H2,1-5H3,(H,24,27)(H,25,28)(H,30,31). The highest BCUT2D eigenvalue weighted by atomic mass is 32.2. The molecule has 1 aliphatic heterocycles. The minimum Gasteiger partial charge on any atom is -0.480 e. The Morgan fingerprint density at radius 2 is 1.81 bits per heavy atom. The number of hydrogen-bond donors (Lipinski definition) is 4. The van der Waals surface area contributed by atoms with E-state index in [1.807, 2.05) is 34.0 Å². The van der Waals surface area contributed by atoms with Crippen molar-refractivity contribution >= 4 is 35.5 Å². The van der Waals surface area contributed by atoms with Gasteiger partial charge < -0.3 is 26.4 Å². The molecular formula is C22H40N4O5S. The Hall–Kier alpha value is -1.81. The Labute approximate surface area is 195 Å². The average molecular weight is 473 g/mol. The van der Waals surface area contributed by atoms with E-state index in [1.54, 1.807) is 11.8 Å². The van der Waals surface area contributed by atoms with Crippen molar-refractivity contribution in [2.75, 3.05) is 18.6 Å². The van der Waals surface area contributed by atoms with Gasteiger partial charge in [0, 0.05) is 6.54 Å². The molecule has 32 heavy (non-hydrogen) atoms. The maximum absolute atomic E-state index is 13.2. The summed E-state index contributed by atoms with van der Waals surface area (Å²) in [5, 5.41) is 15.0. The van der Waals surface area contributed by atoms with Crippen molar-refractivity contribution in [3.05, 3.63) is 0 Å². The first-order chi connectivity index (χ1) is 15.0. The zero-order chi connectivity index (χ0) is 24.4. The number of carboxylic acids is 1. The fourth-order valence-corrected chi connectivity index (χ4v) is 4.25. The molecule has 0 aromatic rings. The quantitative estimate of drug-likeness (QED) is 0.315. The summed E-state index contributed by atoms with van der Waals surface area (Å²) in [5.41, 5.74) is 5.95. The largest absolute Gasteiger partial charge is 0.480 e. The van der Waals surface area contributed by atoms with E-state index in [4.69, 9.17) is 5.73 Å². The number of carboxylic acid groups (broad SMARTS) is 1. The zero-order valence-electron chi connectivity index (χ0n) is 19.9. The molecule has 1 saturated heterocycles. The van der Waals surface area contributed by atoms with E-state index < -0.39 is 42.0 Å². The lowest BCUT2D eigenvalue weighted by Crippen LogP contribution is -2.59. The maximum Gasteiger partial charge on any atom is 0.326 e. The van der Waals surface area contributed by atoms with Crippen LogP contribution in [0.4, 0.5) is 0 Å². The summed E-state index contributed by atoms with van der Waals surface area (Å²) in [6, 6.07) is -3.26. The SMILES string of the molecule is CCC(C)C(NC(=O)C(CC(C)C)NC(=O)C(N)CCSC)C(=O)N1CCCC1C(=O)O. The third kappa shape index (κ3) is 8.27. The second kappa shape index (κ2) is 13.7. The van der Waals surface area contributed by atoms with Crippen molar-refractivity contribution in [2.24, 2.45) is 17.6 Å². The monoisotopic (exact) mass is 472 g/mol. The van der Waals surface area contributed by atoms with E-state index in [1.165, 1.54) is 4.90 Å². The summed E-state index contributed by atoms with van der Waals surface area (Å²) in [7, 11) is 0. The Morgan fingerprint density at radius 3 is 2.34 bits per heavy atom. The number of aliphatic carboxylic acids is 1. The van der Waals surface area contributed by atoms with Gasteiger partial charge in [0.25, 0.3) is 0 Å². The Balaban J connectivity index is 2.99. The molecule has 0 spiro atoms. The van der Waals surface area contributed by atoms with Crippen molar-refractivity contribution in [1.82, 2.24) is 15.5 Å². The predicted octanol–water partition coefficient (Wildman–Crippen LogP) is 1.20. The lowest BCUT2D eigenvalue weighted by molar-refractivity contribution is -0.150. The first kappa shape index (κ1) is 28.2. The Bertz CT molecular complexity index is 660. The highest BCUT2D eigenvalue weighted by Crippen LogP contribution is 2.21. The molecule has 5 unspecified atom stereocenters. The number of nitrogens with one attached hydrogen (secondary N) is 2. The van der Waals surface area contributed by atoms with Crippen molar-refractivity contribution in [1.29, 1.82) is 0 Å². The molecular weight excluding hydrogens is 432 g/mol. The van der Waals surface area contributed by atoms with Gasteiger partial charge in [0.05, 0.1) is 6.04 Å². The van der Waals surface area contributed by atoms with E-state index in [-0.39, 0.29) is 17.7 Å². The van der Waals surface area contributed by atoms with E-state index in [0.29, 0.717) is 38.6 Å². The van der Waals surface area contributed by atoms with Gasteiger partial charge in [-0.25, -0.2) is 4.79 Å². The summed E-state index contributed by atoms with van der Waals surface area (Å²) in [6.45, 7) is 8.00. The van der Waals surface area contributed by atoms with Gasteiger partial charge in [0.1, 0.15) is 18.1 Å². The highest BCUT2D eigenvalue weighted by Gasteiger charge is 2.40. The summed E-state index contributed by atoms with van der Waals surface area (Å²) in [6.07, 6.45) is 4.48. The van der Waals surface area contributed by atoms with E-state index in [2.05, 4.69) is 10.6 Å². The van der Waals surface area contributed by atoms with Crippen molar-refractivity contribution in [3.63, 3.8) is 0 Å². The van der Waals surface area contributed by atoms with Crippen LogP contribution in [0.25, 0.3) is 0 Å². The molecule has 0 aliphatic carbocycles. The van der Waals surface area contributed by atoms with Crippen molar-refractivity contribution in [3.8, 4) is 0 Å². The Morgan fingerprint density at radius 1 is 1.16 bits per heavy atom. The molecule has 5 N–H and O–H groups in total. The first-order valence-corrected chi connectivity index (χ1v) is 12.8. The van der Waals surface area contributed by atoms with Crippen molar-refractivity contribution < 1.29 is 24.3 Å². The fourth-order valence-electron chi connectivity index (χ4n) is 3.76. The van der Waals surface area contributed by atoms with Crippen LogP contribution in [0, 0.1) is 11.8 Å². The fraction of sp³-hybridized carbons (Fsp3) is 0.818. The Kier molecular flexibility index (Phi) is 12.1. The van der Waals surface area contributed by atoms with Crippen LogP contribution in [0.5, 0.6) is 0 Å². The van der Waals surface area contributed by atoms with Gasteiger partial charge in [-0.2, -0.15) is 11.8 Å². The van der Waals surface area contributed by atoms with E-state index in [0.717, 1.165) is 5.75 Å². The number of thioether (sulfide) groups is 1. The number of rotatable bonds is 13. The van der Waals surface area contributed by atoms with Crippen LogP contribution < -0.4 is 16.4 Å². The smallest absolute Gasteiger partial charge is 0.326 e. The van der Waals surface area contributed by atoms with Gasteiger partial charge in [-0.3, -0.25) is 14.4 Å². The molecule has 10 heteroatoms. The molecule has 0 saturated carbocycles. The summed E-state index contributed by atoms with van der Waals surface area (Å²) in [5.74, 6) is -1.59. The molecule has 9 nitrogen and oxygen atoms in total. The van der Waals surface area contributed by atoms with Crippen LogP contribution in [-0.4, -0.2) is 76.4 Å². The number of amides is 3. The van der Waals surface area contributed by atoms with Crippen LogP contribution in [0.1, 0.15) is 59.8 Å². The molecule has 1 fully saturated rings. The first-order valence-electron chi connectivity index (χ1n) is 11.4. The number of nitrogens with zero attached hydrogens (tertiary/aromatic N) is 1. The second-order valence-electron chi connectivity index (χ2n) is 8.98. The van der Waals surface area contributed by atoms with Gasteiger partial charge >= 0.3 is 5.97 Å². The minimum atomic E-state index is -1.03. The lowest BCUT2D eigenvalue weighted by Gasteiger charge is -2.32. The van der Waals surface area contributed by atoms with Crippen molar-refractivity contribution in [2.45, 2.75) is 84.0 Å². The number of carbonyl (C=O) groups excluding carboxylic acids is 3. The number of likely N-dealkylation sites (tertiary alicyclic amines) is 1. The number of hydrogen-bond acceptors (Lipinski definition) is 6. The second-order valence-corrected chi connectivity index (χ2v) is 9.96. The summed E-state index contributed by atoms with van der Waals surface area (Å²) >= 11 is 1.59. The molecule has 5 atom stereocenters. The third-order valence-electron chi connectivity index (χ3n) is 5.91. The number of nitrogens with two attached hydrogens (primary N) is 1. The third-order valence-corrected chi connectivity index (χ3v) is 6.55. The normalized spacial score (nSPS) is 19.8. The molecule has 1 aliphatic rings. The molecule has 0 aromatic heterocycles. The molecule has 184 valence electrons. The van der Waals surface area contributed by atoms with Gasteiger partial charge in [-0.1, -0.05) is 34.1 Å². The van der Waals surface area contributed by atoms with Gasteiger partial charge in [-0.15, -0.1) is 0 Å². The van der Waals surface area contributed by atoms with Crippen LogP contribution in [0.3, 0.4) is 0 Å². The molecule has 0 radical (unpaired) electrons.